The van der Waals surface area contributed by atoms with Gasteiger partial charge in [0.05, 0.1) is 6.42 Å². The average Bonchev–Trinajstić information content (AvgIpc) is 2.74. The van der Waals surface area contributed by atoms with Gasteiger partial charge in [0, 0.05) is 6.07 Å². The number of rotatable bonds is 2. The first-order chi connectivity index (χ1) is 9.11. The summed E-state index contributed by atoms with van der Waals surface area (Å²) in [6.45, 7) is 1.96. The van der Waals surface area contributed by atoms with Crippen LogP contribution < -0.4 is 0 Å². The smallest absolute Gasteiger partial charge is 0.200 e. The van der Waals surface area contributed by atoms with Gasteiger partial charge >= 0.3 is 0 Å². The number of aromatic nitrogens is 1. The Kier molecular flexibility index (Phi) is 2.78. The van der Waals surface area contributed by atoms with Crippen LogP contribution in [0.3, 0.4) is 0 Å². The lowest BCUT2D eigenvalue weighted by atomic mass is 10.1. The third-order valence-electron chi connectivity index (χ3n) is 2.95. The van der Waals surface area contributed by atoms with E-state index in [1.54, 1.807) is 0 Å². The van der Waals surface area contributed by atoms with Gasteiger partial charge in [-0.1, -0.05) is 12.1 Å². The first kappa shape index (κ1) is 11.8. The van der Waals surface area contributed by atoms with Gasteiger partial charge in [-0.25, -0.2) is 13.8 Å². The second-order valence-corrected chi connectivity index (χ2v) is 4.49. The first-order valence-electron chi connectivity index (χ1n) is 5.92. The van der Waals surface area contributed by atoms with E-state index in [9.17, 15) is 8.78 Å². The van der Waals surface area contributed by atoms with E-state index in [1.165, 1.54) is 12.1 Å². The van der Waals surface area contributed by atoms with Crippen molar-refractivity contribution in [1.29, 1.82) is 0 Å². The summed E-state index contributed by atoms with van der Waals surface area (Å²) in [5.41, 5.74) is 2.86. The van der Waals surface area contributed by atoms with Crippen LogP contribution in [0.2, 0.25) is 0 Å². The first-order valence-corrected chi connectivity index (χ1v) is 5.92. The molecule has 0 fully saturated rings. The average molecular weight is 259 g/mol. The zero-order chi connectivity index (χ0) is 13.4. The van der Waals surface area contributed by atoms with Crippen molar-refractivity contribution in [3.8, 4) is 0 Å². The number of halogens is 2. The highest BCUT2D eigenvalue weighted by Crippen LogP contribution is 2.20. The fraction of sp³-hybridized carbons (Fsp3) is 0.133. The van der Waals surface area contributed by atoms with Gasteiger partial charge in [0.1, 0.15) is 17.2 Å². The number of aryl methyl sites for hydroxylation is 1. The molecule has 0 saturated heterocycles. The van der Waals surface area contributed by atoms with Gasteiger partial charge in [-0.3, -0.25) is 0 Å². The Morgan fingerprint density at radius 1 is 1.11 bits per heavy atom. The van der Waals surface area contributed by atoms with Gasteiger partial charge in [-0.15, -0.1) is 0 Å². The molecule has 1 aromatic heterocycles. The summed E-state index contributed by atoms with van der Waals surface area (Å²) < 4.78 is 31.9. The van der Waals surface area contributed by atoms with Gasteiger partial charge in [-0.05, 0) is 36.2 Å². The molecule has 1 heterocycles. The van der Waals surface area contributed by atoms with Crippen molar-refractivity contribution >= 4 is 11.1 Å². The van der Waals surface area contributed by atoms with Gasteiger partial charge in [-0.2, -0.15) is 0 Å². The monoisotopic (exact) mass is 259 g/mol. The summed E-state index contributed by atoms with van der Waals surface area (Å²) >= 11 is 0. The Morgan fingerprint density at radius 2 is 1.95 bits per heavy atom. The zero-order valence-electron chi connectivity index (χ0n) is 10.3. The van der Waals surface area contributed by atoms with Crippen molar-refractivity contribution in [2.24, 2.45) is 0 Å². The number of nitrogens with zero attached hydrogens (tertiary/aromatic N) is 1. The molecule has 0 aliphatic rings. The third-order valence-corrected chi connectivity index (χ3v) is 2.95. The highest BCUT2D eigenvalue weighted by molar-refractivity contribution is 5.73. The van der Waals surface area contributed by atoms with E-state index in [4.69, 9.17) is 4.42 Å². The van der Waals surface area contributed by atoms with Crippen LogP contribution in [0, 0.1) is 18.6 Å². The Bertz CT molecular complexity index is 749. The van der Waals surface area contributed by atoms with Crippen molar-refractivity contribution in [3.05, 3.63) is 65.1 Å². The molecule has 0 unspecified atom stereocenters. The predicted octanol–water partition coefficient (Wildman–Crippen LogP) is 4.01. The number of fused-ring (bicyclic) bond motifs is 1. The minimum absolute atomic E-state index is 0.208. The highest BCUT2D eigenvalue weighted by Gasteiger charge is 2.10. The van der Waals surface area contributed by atoms with E-state index >= 15 is 0 Å². The Hall–Kier alpha value is -2.23. The number of hydrogen-bond donors (Lipinski definition) is 0. The molecule has 19 heavy (non-hydrogen) atoms. The van der Waals surface area contributed by atoms with Crippen molar-refractivity contribution < 1.29 is 13.2 Å². The van der Waals surface area contributed by atoms with E-state index in [0.717, 1.165) is 17.1 Å². The van der Waals surface area contributed by atoms with E-state index < -0.39 is 11.6 Å². The molecule has 0 amide bonds. The molecular formula is C15H11F2NO. The van der Waals surface area contributed by atoms with Gasteiger partial charge < -0.3 is 4.42 Å². The maximum absolute atomic E-state index is 13.5. The molecule has 0 aliphatic carbocycles. The Balaban J connectivity index is 1.96. The fourth-order valence-electron chi connectivity index (χ4n) is 1.98. The van der Waals surface area contributed by atoms with Crippen LogP contribution in [0.1, 0.15) is 17.0 Å². The molecule has 0 bridgehead atoms. The van der Waals surface area contributed by atoms with Crippen LogP contribution in [0.4, 0.5) is 8.78 Å². The molecule has 0 saturated carbocycles. The lowest BCUT2D eigenvalue weighted by Gasteiger charge is -1.99. The molecule has 3 rings (SSSR count). The van der Waals surface area contributed by atoms with Gasteiger partial charge in [0.15, 0.2) is 11.5 Å². The summed E-state index contributed by atoms with van der Waals surface area (Å²) in [6.07, 6.45) is 0.208. The minimum Gasteiger partial charge on any atom is -0.440 e. The van der Waals surface area contributed by atoms with Crippen LogP contribution >= 0.6 is 0 Å². The topological polar surface area (TPSA) is 26.0 Å². The van der Waals surface area contributed by atoms with Crippen molar-refractivity contribution in [1.82, 2.24) is 4.98 Å². The number of oxazole rings is 1. The van der Waals surface area contributed by atoms with Gasteiger partial charge in [0.2, 0.25) is 0 Å². The van der Waals surface area contributed by atoms with E-state index in [0.29, 0.717) is 17.0 Å². The molecular weight excluding hydrogens is 248 g/mol. The minimum atomic E-state index is -0.588. The molecule has 0 atom stereocenters. The summed E-state index contributed by atoms with van der Waals surface area (Å²) in [5.74, 6) is -0.751. The molecule has 96 valence electrons. The lowest BCUT2D eigenvalue weighted by molar-refractivity contribution is 0.529. The highest BCUT2D eigenvalue weighted by atomic mass is 19.1. The summed E-state index contributed by atoms with van der Waals surface area (Å²) in [5, 5.41) is 0. The molecule has 3 aromatic rings. The predicted molar refractivity (Wildman–Crippen MR) is 67.9 cm³/mol. The molecule has 2 aromatic carbocycles. The Morgan fingerprint density at radius 3 is 2.74 bits per heavy atom. The molecule has 0 spiro atoms. The van der Waals surface area contributed by atoms with Crippen LogP contribution in [-0.2, 0) is 6.42 Å². The standard InChI is InChI=1S/C15H11F2NO/c1-9-2-5-13-14(6-9)19-15(18-13)7-10-3-4-11(16)8-12(10)17/h2-6,8H,7H2,1H3. The summed E-state index contributed by atoms with van der Waals surface area (Å²) in [7, 11) is 0. The van der Waals surface area contributed by atoms with Crippen LogP contribution in [-0.4, -0.2) is 4.98 Å². The maximum Gasteiger partial charge on any atom is 0.200 e. The maximum atomic E-state index is 13.5. The Labute approximate surface area is 108 Å². The number of hydrogen-bond acceptors (Lipinski definition) is 2. The third kappa shape index (κ3) is 2.34. The van der Waals surface area contributed by atoms with Gasteiger partial charge in [0.25, 0.3) is 0 Å². The molecule has 0 radical (unpaired) electrons. The van der Waals surface area contributed by atoms with Crippen molar-refractivity contribution in [3.63, 3.8) is 0 Å². The summed E-state index contributed by atoms with van der Waals surface area (Å²) in [4.78, 5) is 4.29. The lowest BCUT2D eigenvalue weighted by Crippen LogP contribution is -1.93. The quantitative estimate of drug-likeness (QED) is 0.695. The molecule has 2 nitrogen and oxygen atoms in total. The van der Waals surface area contributed by atoms with Crippen molar-refractivity contribution in [2.45, 2.75) is 13.3 Å². The largest absolute Gasteiger partial charge is 0.440 e. The second-order valence-electron chi connectivity index (χ2n) is 4.49. The molecule has 0 N–H and O–H groups in total. The normalized spacial score (nSPS) is 11.1. The van der Waals surface area contributed by atoms with Crippen molar-refractivity contribution in [2.75, 3.05) is 0 Å². The van der Waals surface area contributed by atoms with Crippen LogP contribution in [0.15, 0.2) is 40.8 Å². The molecule has 0 aliphatic heterocycles. The van der Waals surface area contributed by atoms with E-state index in [1.807, 2.05) is 25.1 Å². The van der Waals surface area contributed by atoms with Crippen LogP contribution in [0.25, 0.3) is 11.1 Å². The zero-order valence-corrected chi connectivity index (χ0v) is 10.3. The van der Waals surface area contributed by atoms with E-state index in [2.05, 4.69) is 4.98 Å². The second kappa shape index (κ2) is 4.46. The molecule has 4 heteroatoms. The number of benzene rings is 2. The fourth-order valence-corrected chi connectivity index (χ4v) is 1.98. The SMILES string of the molecule is Cc1ccc2nc(Cc3ccc(F)cc3F)oc2c1. The van der Waals surface area contributed by atoms with Crippen LogP contribution in [0.5, 0.6) is 0 Å². The van der Waals surface area contributed by atoms with E-state index in [-0.39, 0.29) is 6.42 Å². The summed E-state index contributed by atoms with van der Waals surface area (Å²) in [6, 6.07) is 9.18.